The molecule has 2 aromatic rings. The number of hydrogen-bond donors (Lipinski definition) is 1. The zero-order chi connectivity index (χ0) is 15.5. The molecule has 1 fully saturated rings. The van der Waals surface area contributed by atoms with Crippen LogP contribution in [0.5, 0.6) is 0 Å². The Morgan fingerprint density at radius 2 is 2.05 bits per heavy atom. The van der Waals surface area contributed by atoms with Gasteiger partial charge in [0.15, 0.2) is 0 Å². The van der Waals surface area contributed by atoms with Gasteiger partial charge in [0.1, 0.15) is 5.82 Å². The third-order valence-electron chi connectivity index (χ3n) is 4.48. The highest BCUT2D eigenvalue weighted by molar-refractivity contribution is 5.31. The largest absolute Gasteiger partial charge is 0.396 e. The Morgan fingerprint density at radius 1 is 1.27 bits per heavy atom. The van der Waals surface area contributed by atoms with Gasteiger partial charge >= 0.3 is 0 Å². The number of hydrogen-bond acceptors (Lipinski definition) is 3. The minimum atomic E-state index is -0.242. The lowest BCUT2D eigenvalue weighted by atomic mass is 9.94. The SMILES string of the molecule is CC1CCC(CO)CN1Cc1cnn(-c2ccc(F)cc2)c1. The molecule has 0 saturated carbocycles. The van der Waals surface area contributed by atoms with E-state index in [1.165, 1.54) is 12.1 Å². The fourth-order valence-electron chi connectivity index (χ4n) is 3.04. The normalized spacial score (nSPS) is 22.9. The van der Waals surface area contributed by atoms with Crippen molar-refractivity contribution in [3.63, 3.8) is 0 Å². The summed E-state index contributed by atoms with van der Waals surface area (Å²) in [6.45, 7) is 4.26. The number of aliphatic hydroxyl groups is 1. The van der Waals surface area contributed by atoms with Crippen molar-refractivity contribution in [3.8, 4) is 5.69 Å². The quantitative estimate of drug-likeness (QED) is 0.944. The first kappa shape index (κ1) is 15.2. The van der Waals surface area contributed by atoms with Crippen LogP contribution in [0.1, 0.15) is 25.3 Å². The summed E-state index contributed by atoms with van der Waals surface area (Å²) in [5, 5.41) is 13.7. The summed E-state index contributed by atoms with van der Waals surface area (Å²) >= 11 is 0. The Balaban J connectivity index is 1.69. The summed E-state index contributed by atoms with van der Waals surface area (Å²) < 4.78 is 14.7. The van der Waals surface area contributed by atoms with Crippen LogP contribution >= 0.6 is 0 Å². The first-order valence-electron chi connectivity index (χ1n) is 7.80. The highest BCUT2D eigenvalue weighted by Gasteiger charge is 2.25. The molecule has 2 atom stereocenters. The molecule has 1 aliphatic rings. The fraction of sp³-hybridized carbons (Fsp3) is 0.471. The zero-order valence-corrected chi connectivity index (χ0v) is 12.8. The van der Waals surface area contributed by atoms with Gasteiger partial charge in [-0.3, -0.25) is 4.90 Å². The molecule has 1 aromatic heterocycles. The molecule has 1 N–H and O–H groups in total. The summed E-state index contributed by atoms with van der Waals surface area (Å²) in [6, 6.07) is 6.84. The molecule has 0 aliphatic carbocycles. The van der Waals surface area contributed by atoms with Crippen LogP contribution in [-0.2, 0) is 6.54 Å². The van der Waals surface area contributed by atoms with Gasteiger partial charge in [-0.15, -0.1) is 0 Å². The fourth-order valence-corrected chi connectivity index (χ4v) is 3.04. The van der Waals surface area contributed by atoms with Crippen LogP contribution in [-0.4, -0.2) is 39.0 Å². The maximum Gasteiger partial charge on any atom is 0.123 e. The van der Waals surface area contributed by atoms with Crippen molar-refractivity contribution < 1.29 is 9.50 Å². The van der Waals surface area contributed by atoms with Crippen molar-refractivity contribution in [2.24, 2.45) is 5.92 Å². The van der Waals surface area contributed by atoms with Crippen LogP contribution in [0.3, 0.4) is 0 Å². The van der Waals surface area contributed by atoms with E-state index in [4.69, 9.17) is 0 Å². The number of aliphatic hydroxyl groups excluding tert-OH is 1. The van der Waals surface area contributed by atoms with E-state index in [0.717, 1.165) is 37.2 Å². The molecule has 1 aliphatic heterocycles. The highest BCUT2D eigenvalue weighted by atomic mass is 19.1. The van der Waals surface area contributed by atoms with Crippen LogP contribution in [0.15, 0.2) is 36.7 Å². The summed E-state index contributed by atoms with van der Waals surface area (Å²) in [7, 11) is 0. The van der Waals surface area contributed by atoms with Gasteiger partial charge in [0.05, 0.1) is 11.9 Å². The van der Waals surface area contributed by atoms with Crippen molar-refractivity contribution in [3.05, 3.63) is 48.0 Å². The standard InChI is InChI=1S/C17H22FN3O/c1-13-2-3-14(12-22)9-20(13)10-15-8-19-21(11-15)17-6-4-16(18)5-7-17/h4-8,11,13-14,22H,2-3,9-10,12H2,1H3. The number of aromatic nitrogens is 2. The van der Waals surface area contributed by atoms with E-state index in [0.29, 0.717) is 12.0 Å². The summed E-state index contributed by atoms with van der Waals surface area (Å²) in [6.07, 6.45) is 6.07. The monoisotopic (exact) mass is 303 g/mol. The maximum absolute atomic E-state index is 13.0. The Morgan fingerprint density at radius 3 is 2.77 bits per heavy atom. The molecule has 0 radical (unpaired) electrons. The lowest BCUT2D eigenvalue weighted by Crippen LogP contribution is -2.42. The third kappa shape index (κ3) is 3.36. The van der Waals surface area contributed by atoms with Gasteiger partial charge in [-0.25, -0.2) is 9.07 Å². The molecule has 1 aromatic carbocycles. The average Bonchev–Trinajstić information content (AvgIpc) is 2.99. The highest BCUT2D eigenvalue weighted by Crippen LogP contribution is 2.23. The zero-order valence-electron chi connectivity index (χ0n) is 12.8. The Labute approximate surface area is 130 Å². The number of piperidine rings is 1. The van der Waals surface area contributed by atoms with Crippen molar-refractivity contribution in [2.45, 2.75) is 32.4 Å². The molecular formula is C17H22FN3O. The predicted molar refractivity (Wildman–Crippen MR) is 83.2 cm³/mol. The first-order chi connectivity index (χ1) is 10.7. The van der Waals surface area contributed by atoms with E-state index in [-0.39, 0.29) is 12.4 Å². The molecule has 1 saturated heterocycles. The third-order valence-corrected chi connectivity index (χ3v) is 4.48. The van der Waals surface area contributed by atoms with Gasteiger partial charge in [0.25, 0.3) is 0 Å². The van der Waals surface area contributed by atoms with Crippen molar-refractivity contribution in [2.75, 3.05) is 13.2 Å². The molecule has 0 bridgehead atoms. The van der Waals surface area contributed by atoms with Crippen LogP contribution < -0.4 is 0 Å². The van der Waals surface area contributed by atoms with Crippen molar-refractivity contribution >= 4 is 0 Å². The summed E-state index contributed by atoms with van der Waals surface area (Å²) in [4.78, 5) is 2.40. The van der Waals surface area contributed by atoms with Gasteiger partial charge in [-0.1, -0.05) is 0 Å². The molecule has 0 amide bonds. The molecule has 3 rings (SSSR count). The van der Waals surface area contributed by atoms with Gasteiger partial charge in [0, 0.05) is 37.5 Å². The average molecular weight is 303 g/mol. The molecule has 118 valence electrons. The summed E-state index contributed by atoms with van der Waals surface area (Å²) in [5.41, 5.74) is 1.99. The minimum absolute atomic E-state index is 0.242. The minimum Gasteiger partial charge on any atom is -0.396 e. The lowest BCUT2D eigenvalue weighted by Gasteiger charge is -2.37. The Hall–Kier alpha value is -1.72. The van der Waals surface area contributed by atoms with E-state index in [1.54, 1.807) is 16.8 Å². The number of rotatable bonds is 4. The molecular weight excluding hydrogens is 281 g/mol. The van der Waals surface area contributed by atoms with Crippen LogP contribution in [0.4, 0.5) is 4.39 Å². The Kier molecular flexibility index (Phi) is 4.55. The van der Waals surface area contributed by atoms with E-state index in [2.05, 4.69) is 16.9 Å². The maximum atomic E-state index is 13.0. The molecule has 0 spiro atoms. The predicted octanol–water partition coefficient (Wildman–Crippen LogP) is 2.60. The van der Waals surface area contributed by atoms with Crippen LogP contribution in [0.25, 0.3) is 5.69 Å². The van der Waals surface area contributed by atoms with Gasteiger partial charge in [0.2, 0.25) is 0 Å². The number of benzene rings is 1. The van der Waals surface area contributed by atoms with Crippen LogP contribution in [0, 0.1) is 11.7 Å². The first-order valence-corrected chi connectivity index (χ1v) is 7.80. The topological polar surface area (TPSA) is 41.3 Å². The molecule has 5 heteroatoms. The number of halogens is 1. The van der Waals surface area contributed by atoms with Gasteiger partial charge in [-0.2, -0.15) is 5.10 Å². The van der Waals surface area contributed by atoms with Crippen LogP contribution in [0.2, 0.25) is 0 Å². The second-order valence-electron chi connectivity index (χ2n) is 6.17. The van der Waals surface area contributed by atoms with Crippen molar-refractivity contribution in [1.82, 2.24) is 14.7 Å². The number of likely N-dealkylation sites (tertiary alicyclic amines) is 1. The van der Waals surface area contributed by atoms with E-state index < -0.39 is 0 Å². The van der Waals surface area contributed by atoms with Gasteiger partial charge < -0.3 is 5.11 Å². The second-order valence-corrected chi connectivity index (χ2v) is 6.17. The van der Waals surface area contributed by atoms with Crippen molar-refractivity contribution in [1.29, 1.82) is 0 Å². The molecule has 22 heavy (non-hydrogen) atoms. The molecule has 2 unspecified atom stereocenters. The second kappa shape index (κ2) is 6.58. The van der Waals surface area contributed by atoms with E-state index >= 15 is 0 Å². The molecule has 2 heterocycles. The van der Waals surface area contributed by atoms with Gasteiger partial charge in [-0.05, 0) is 49.9 Å². The number of nitrogens with zero attached hydrogens (tertiary/aromatic N) is 3. The van der Waals surface area contributed by atoms with E-state index in [1.807, 2.05) is 12.4 Å². The Bertz CT molecular complexity index is 611. The lowest BCUT2D eigenvalue weighted by molar-refractivity contribution is 0.0771. The summed E-state index contributed by atoms with van der Waals surface area (Å²) in [5.74, 6) is 0.136. The van der Waals surface area contributed by atoms with E-state index in [9.17, 15) is 9.50 Å². The molecule has 4 nitrogen and oxygen atoms in total. The smallest absolute Gasteiger partial charge is 0.123 e.